The van der Waals surface area contributed by atoms with Crippen molar-refractivity contribution in [1.82, 2.24) is 15.0 Å². The molecule has 1 fully saturated rings. The minimum Gasteiger partial charge on any atom is -0.389 e. The van der Waals surface area contributed by atoms with Gasteiger partial charge in [0.2, 0.25) is 19.8 Å². The normalized spacial score (nSPS) is 21.8. The van der Waals surface area contributed by atoms with Crippen LogP contribution >= 0.6 is 11.6 Å². The maximum absolute atomic E-state index is 15.0. The Morgan fingerprint density at radius 2 is 1.76 bits per heavy atom. The van der Waals surface area contributed by atoms with E-state index in [0.717, 1.165) is 16.9 Å². The largest absolute Gasteiger partial charge is 0.389 e. The number of nitrogens with zero attached hydrogens (tertiary/aromatic N) is 2. The number of hydrogen-bond donors (Lipinski definition) is 1. The van der Waals surface area contributed by atoms with Crippen LogP contribution in [0.2, 0.25) is 16.1 Å². The Labute approximate surface area is 222 Å². The van der Waals surface area contributed by atoms with E-state index in [9.17, 15) is 28.0 Å². The third-order valence-electron chi connectivity index (χ3n) is 7.84. The molecular weight excluding hydrogens is 498 g/mol. The van der Waals surface area contributed by atoms with Crippen molar-refractivity contribution in [3.05, 3.63) is 69.7 Å². The van der Waals surface area contributed by atoms with E-state index in [1.807, 2.05) is 0 Å². The minimum atomic E-state index is -3.76. The van der Waals surface area contributed by atoms with Gasteiger partial charge in [-0.25, -0.2) is 0 Å². The quantitative estimate of drug-likeness (QED) is 0.362. The molecule has 15 heteroatoms. The lowest BCUT2D eigenvalue weighted by Gasteiger charge is -2.46. The minimum absolute atomic E-state index is 0.121. The van der Waals surface area contributed by atoms with Crippen molar-refractivity contribution in [2.45, 2.75) is 35.5 Å². The van der Waals surface area contributed by atoms with Crippen LogP contribution in [0, 0.1) is 0 Å². The van der Waals surface area contributed by atoms with E-state index >= 15 is 0 Å². The Balaban J connectivity index is 1.57. The van der Waals surface area contributed by atoms with Crippen molar-refractivity contribution in [3.8, 4) is 0 Å². The van der Waals surface area contributed by atoms with Gasteiger partial charge in [-0.05, 0) is 29.3 Å². The number of carbonyl (C=O) groups excluding carboxylic acids is 4. The molecule has 2 aliphatic heterocycles. The van der Waals surface area contributed by atoms with Gasteiger partial charge in [0.15, 0.2) is 0 Å². The molecule has 7 nitrogen and oxygen atoms in total. The van der Waals surface area contributed by atoms with Gasteiger partial charge in [-0.1, -0.05) is 41.1 Å². The van der Waals surface area contributed by atoms with E-state index in [1.165, 1.54) is 25.0 Å². The fourth-order valence-corrected chi connectivity index (χ4v) is 5.11. The summed E-state index contributed by atoms with van der Waals surface area (Å²) in [7, 11) is 8.20. The number of imide groups is 1. The molecule has 1 N–H and O–H groups in total. The van der Waals surface area contributed by atoms with Crippen molar-refractivity contribution in [2.75, 3.05) is 0 Å². The van der Waals surface area contributed by atoms with Gasteiger partial charge in [-0.3, -0.25) is 24.5 Å². The lowest BCUT2D eigenvalue weighted by molar-refractivity contribution is -0.154. The smallest absolute Gasteiger partial charge is 0.348 e. The molecule has 3 unspecified atom stereocenters. The number of benzene rings is 2. The molecule has 0 radical (unpaired) electrons. The summed E-state index contributed by atoms with van der Waals surface area (Å²) in [5.74, 6) is -7.61. The van der Waals surface area contributed by atoms with Crippen molar-refractivity contribution in [2.24, 2.45) is 0 Å². The van der Waals surface area contributed by atoms with Crippen LogP contribution < -0.4 is 5.32 Å². The predicted octanol–water partition coefficient (Wildman–Crippen LogP) is -2.07. The molecule has 4 rings (SSSR count). The summed E-state index contributed by atoms with van der Waals surface area (Å²) in [6.07, 6.45) is 0. The van der Waals surface area contributed by atoms with E-state index in [4.69, 9.17) is 11.6 Å². The number of fused-ring (bicyclic) bond motifs is 1. The van der Waals surface area contributed by atoms with Gasteiger partial charge in [0, 0.05) is 34.5 Å². The molecular formula is C22H23B5ClF2N3O4. The Kier molecular flexibility index (Phi) is 6.86. The molecule has 3 atom stereocenters. The second-order valence-electron chi connectivity index (χ2n) is 10.3. The first kappa shape index (κ1) is 27.0. The predicted molar refractivity (Wildman–Crippen MR) is 147 cm³/mol. The number of nitrogens with one attached hydrogen (secondary N) is 1. The number of halogens is 3. The molecule has 2 aromatic rings. The molecule has 4 amide bonds. The monoisotopic (exact) mass is 521 g/mol. The van der Waals surface area contributed by atoms with E-state index in [1.54, 1.807) is 49.6 Å². The summed E-state index contributed by atoms with van der Waals surface area (Å²) < 4.78 is 29.9. The molecule has 0 aromatic heterocycles. The summed E-state index contributed by atoms with van der Waals surface area (Å²) in [4.78, 5) is 53.4. The zero-order chi connectivity index (χ0) is 27.4. The third kappa shape index (κ3) is 4.49. The summed E-state index contributed by atoms with van der Waals surface area (Å²) in [5, 5.41) is 1.84. The van der Waals surface area contributed by atoms with Gasteiger partial charge in [-0.2, -0.15) is 8.78 Å². The fraction of sp³-hybridized carbons (Fsp3) is 0.273. The Bertz CT molecular complexity index is 1310. The highest BCUT2D eigenvalue weighted by atomic mass is 35.5. The molecule has 2 aromatic carbocycles. The van der Waals surface area contributed by atoms with E-state index in [2.05, 4.69) is 5.32 Å². The fourth-order valence-electron chi connectivity index (χ4n) is 4.99. The standard InChI is InChI=1S/C22H23B5ClF2N3O4/c23-14-17(34)31-18(35)15(21(14,25)26)32-8-10-7-9(1-6-13(10)19(32)36)16(24)33(27)20(37)22(29,30)11-2-4-12(28)5-3-11/h1-7,14-16H,8,23-27H2,(H,31,34,35). The van der Waals surface area contributed by atoms with Crippen molar-refractivity contribution >= 4 is 74.6 Å². The number of rotatable bonds is 5. The van der Waals surface area contributed by atoms with Crippen LogP contribution in [0.3, 0.4) is 0 Å². The first-order valence-electron chi connectivity index (χ1n) is 11.9. The highest BCUT2D eigenvalue weighted by Crippen LogP contribution is 2.43. The van der Waals surface area contributed by atoms with Gasteiger partial charge in [0.1, 0.15) is 37.4 Å². The second kappa shape index (κ2) is 9.38. The van der Waals surface area contributed by atoms with Gasteiger partial charge in [0.05, 0.1) is 0 Å². The second-order valence-corrected chi connectivity index (χ2v) is 10.8. The highest BCUT2D eigenvalue weighted by Gasteiger charge is 2.52. The highest BCUT2D eigenvalue weighted by molar-refractivity contribution is 6.50. The number of amides is 4. The Hall–Kier alpha value is -3.01. The summed E-state index contributed by atoms with van der Waals surface area (Å²) in [6.45, 7) is 0.121. The molecule has 186 valence electrons. The molecule has 0 spiro atoms. The molecule has 1 saturated heterocycles. The lowest BCUT2D eigenvalue weighted by atomic mass is 9.39. The van der Waals surface area contributed by atoms with Crippen LogP contribution in [0.25, 0.3) is 0 Å². The summed E-state index contributed by atoms with van der Waals surface area (Å²) in [6, 6.07) is 8.88. The van der Waals surface area contributed by atoms with E-state index < -0.39 is 46.3 Å². The molecule has 0 bridgehead atoms. The Morgan fingerprint density at radius 3 is 2.38 bits per heavy atom. The van der Waals surface area contributed by atoms with Crippen LogP contribution in [0.5, 0.6) is 0 Å². The lowest BCUT2D eigenvalue weighted by Crippen LogP contribution is -2.62. The van der Waals surface area contributed by atoms with Gasteiger partial charge < -0.3 is 9.71 Å². The molecule has 2 heterocycles. The topological polar surface area (TPSA) is 86.8 Å². The van der Waals surface area contributed by atoms with Gasteiger partial charge in [-0.15, -0.1) is 0 Å². The van der Waals surface area contributed by atoms with Gasteiger partial charge >= 0.3 is 5.92 Å². The zero-order valence-corrected chi connectivity index (χ0v) is 21.9. The third-order valence-corrected chi connectivity index (χ3v) is 8.09. The molecule has 37 heavy (non-hydrogen) atoms. The van der Waals surface area contributed by atoms with Crippen molar-refractivity contribution in [3.63, 3.8) is 0 Å². The van der Waals surface area contributed by atoms with Crippen molar-refractivity contribution < 1.29 is 28.0 Å². The average Bonchev–Trinajstić information content (AvgIpc) is 3.16. The van der Waals surface area contributed by atoms with E-state index in [0.29, 0.717) is 16.7 Å². The average molecular weight is 521 g/mol. The summed E-state index contributed by atoms with van der Waals surface area (Å²) >= 11 is 5.78. The first-order chi connectivity index (χ1) is 17.2. The van der Waals surface area contributed by atoms with Crippen LogP contribution in [-0.4, -0.2) is 78.7 Å². The van der Waals surface area contributed by atoms with Crippen LogP contribution in [0.1, 0.15) is 33.0 Å². The molecule has 0 saturated carbocycles. The summed E-state index contributed by atoms with van der Waals surface area (Å²) in [5.41, 5.74) is 1.11. The molecule has 2 aliphatic rings. The zero-order valence-electron chi connectivity index (χ0n) is 21.1. The van der Waals surface area contributed by atoms with Crippen molar-refractivity contribution in [1.29, 1.82) is 0 Å². The van der Waals surface area contributed by atoms with Crippen LogP contribution in [-0.2, 0) is 26.9 Å². The number of piperidine rings is 1. The number of carbonyl (C=O) groups is 4. The van der Waals surface area contributed by atoms with Gasteiger partial charge in [0.25, 0.3) is 11.8 Å². The molecule has 0 aliphatic carbocycles. The Morgan fingerprint density at radius 1 is 1.14 bits per heavy atom. The van der Waals surface area contributed by atoms with Crippen LogP contribution in [0.15, 0.2) is 42.5 Å². The number of hydrogen-bond acceptors (Lipinski definition) is 4. The van der Waals surface area contributed by atoms with Crippen LogP contribution in [0.4, 0.5) is 8.78 Å². The maximum Gasteiger partial charge on any atom is 0.348 e. The number of alkyl halides is 2. The SMILES string of the molecule is BC(c1ccc2c(c1)CN(C1C(=O)NC(=O)C(B)C1(B)B)C2=O)N(B)C(=O)C(F)(F)c1ccc(Cl)cc1. The van der Waals surface area contributed by atoms with E-state index in [-0.39, 0.29) is 23.4 Å². The maximum atomic E-state index is 15.0. The first-order valence-corrected chi connectivity index (χ1v) is 12.2.